The molecule has 0 fully saturated rings. The summed E-state index contributed by atoms with van der Waals surface area (Å²) >= 11 is 1.53. The molecule has 17 heavy (non-hydrogen) atoms. The molecule has 1 aromatic carbocycles. The molecule has 0 saturated carbocycles. The lowest BCUT2D eigenvalue weighted by Crippen LogP contribution is -2.34. The predicted molar refractivity (Wildman–Crippen MR) is 69.6 cm³/mol. The van der Waals surface area contributed by atoms with Gasteiger partial charge in [0.05, 0.1) is 16.8 Å². The van der Waals surface area contributed by atoms with E-state index in [-0.39, 0.29) is 5.82 Å². The molecule has 0 aliphatic carbocycles. The summed E-state index contributed by atoms with van der Waals surface area (Å²) in [4.78, 5) is 6.63. The van der Waals surface area contributed by atoms with Crippen LogP contribution < -0.4 is 5.73 Å². The number of fused-ring (bicyclic) bond motifs is 1. The number of rotatable bonds is 4. The van der Waals surface area contributed by atoms with Crippen molar-refractivity contribution in [1.29, 1.82) is 0 Å². The van der Waals surface area contributed by atoms with Crippen molar-refractivity contribution in [3.63, 3.8) is 0 Å². The summed E-state index contributed by atoms with van der Waals surface area (Å²) in [6.07, 6.45) is 0. The molecule has 0 amide bonds. The first-order chi connectivity index (χ1) is 8.10. The fourth-order valence-electron chi connectivity index (χ4n) is 1.56. The van der Waals surface area contributed by atoms with Gasteiger partial charge in [-0.1, -0.05) is 0 Å². The highest BCUT2D eigenvalue weighted by molar-refractivity contribution is 7.18. The number of hydrogen-bond acceptors (Lipinski definition) is 4. The van der Waals surface area contributed by atoms with E-state index >= 15 is 0 Å². The van der Waals surface area contributed by atoms with Crippen molar-refractivity contribution in [2.75, 3.05) is 13.6 Å². The Morgan fingerprint density at radius 3 is 3.00 bits per heavy atom. The van der Waals surface area contributed by atoms with Gasteiger partial charge in [0.15, 0.2) is 0 Å². The number of hydrogen-bond donors (Lipinski definition) is 1. The van der Waals surface area contributed by atoms with Gasteiger partial charge in [-0.2, -0.15) is 0 Å². The highest BCUT2D eigenvalue weighted by atomic mass is 32.1. The largest absolute Gasteiger partial charge is 0.329 e. The molecule has 2 aromatic rings. The summed E-state index contributed by atoms with van der Waals surface area (Å²) in [5.74, 6) is -0.212. The molecule has 0 aliphatic heterocycles. The maximum absolute atomic E-state index is 13.0. The first-order valence-corrected chi connectivity index (χ1v) is 6.37. The van der Waals surface area contributed by atoms with Crippen LogP contribution in [0.3, 0.4) is 0 Å². The van der Waals surface area contributed by atoms with Crippen LogP contribution in [-0.2, 0) is 6.54 Å². The van der Waals surface area contributed by atoms with E-state index in [2.05, 4.69) is 16.8 Å². The van der Waals surface area contributed by atoms with E-state index in [0.717, 1.165) is 21.8 Å². The number of aromatic nitrogens is 1. The van der Waals surface area contributed by atoms with Gasteiger partial charge >= 0.3 is 0 Å². The number of halogens is 1. The second-order valence-corrected chi connectivity index (χ2v) is 5.33. The minimum atomic E-state index is -0.212. The average Bonchev–Trinajstić information content (AvgIpc) is 2.69. The monoisotopic (exact) mass is 253 g/mol. The molecular weight excluding hydrogens is 237 g/mol. The van der Waals surface area contributed by atoms with Crippen molar-refractivity contribution < 1.29 is 4.39 Å². The molecule has 0 saturated heterocycles. The number of thiazole rings is 1. The molecule has 0 bridgehead atoms. The standard InChI is InChI=1S/C12H16FN3S/c1-8(6-14)16(2)7-12-15-10-4-3-9(13)5-11(10)17-12/h3-5,8H,6-7,14H2,1-2H3. The number of likely N-dealkylation sites (N-methyl/N-ethyl adjacent to an activating group) is 1. The Balaban J connectivity index is 2.19. The summed E-state index contributed by atoms with van der Waals surface area (Å²) in [7, 11) is 2.02. The van der Waals surface area contributed by atoms with Crippen molar-refractivity contribution in [1.82, 2.24) is 9.88 Å². The Kier molecular flexibility index (Phi) is 3.71. The van der Waals surface area contributed by atoms with Gasteiger partial charge in [-0.3, -0.25) is 4.90 Å². The molecule has 2 rings (SSSR count). The maximum atomic E-state index is 13.0. The summed E-state index contributed by atoms with van der Waals surface area (Å²) in [6, 6.07) is 5.01. The molecule has 1 atom stereocenters. The van der Waals surface area contributed by atoms with Gasteiger partial charge in [0.2, 0.25) is 0 Å². The van der Waals surface area contributed by atoms with Crippen molar-refractivity contribution >= 4 is 21.6 Å². The fourth-order valence-corrected chi connectivity index (χ4v) is 2.62. The smallest absolute Gasteiger partial charge is 0.124 e. The van der Waals surface area contributed by atoms with Gasteiger partial charge in [-0.05, 0) is 32.2 Å². The number of nitrogens with zero attached hydrogens (tertiary/aromatic N) is 2. The van der Waals surface area contributed by atoms with E-state index in [0.29, 0.717) is 12.6 Å². The summed E-state index contributed by atoms with van der Waals surface area (Å²) < 4.78 is 13.9. The van der Waals surface area contributed by atoms with Gasteiger partial charge in [-0.25, -0.2) is 9.37 Å². The topological polar surface area (TPSA) is 42.1 Å². The van der Waals surface area contributed by atoms with Gasteiger partial charge in [0, 0.05) is 12.6 Å². The van der Waals surface area contributed by atoms with Gasteiger partial charge in [0.25, 0.3) is 0 Å². The average molecular weight is 253 g/mol. The lowest BCUT2D eigenvalue weighted by atomic mass is 10.3. The minimum absolute atomic E-state index is 0.212. The molecule has 3 nitrogen and oxygen atoms in total. The van der Waals surface area contributed by atoms with Crippen LogP contribution in [-0.4, -0.2) is 29.5 Å². The highest BCUT2D eigenvalue weighted by Gasteiger charge is 2.11. The van der Waals surface area contributed by atoms with E-state index in [4.69, 9.17) is 5.73 Å². The third-order valence-electron chi connectivity index (χ3n) is 2.87. The number of nitrogens with two attached hydrogens (primary N) is 1. The van der Waals surface area contributed by atoms with Crippen LogP contribution in [0.2, 0.25) is 0 Å². The van der Waals surface area contributed by atoms with Crippen molar-refractivity contribution in [2.24, 2.45) is 5.73 Å². The minimum Gasteiger partial charge on any atom is -0.329 e. The van der Waals surface area contributed by atoms with Crippen LogP contribution in [0, 0.1) is 5.82 Å². The van der Waals surface area contributed by atoms with Crippen LogP contribution in [0.5, 0.6) is 0 Å². The molecule has 2 N–H and O–H groups in total. The summed E-state index contributed by atoms with van der Waals surface area (Å²) in [5.41, 5.74) is 6.47. The molecule has 0 radical (unpaired) electrons. The molecular formula is C12H16FN3S. The number of benzene rings is 1. The second kappa shape index (κ2) is 5.08. The fraction of sp³-hybridized carbons (Fsp3) is 0.417. The lowest BCUT2D eigenvalue weighted by molar-refractivity contribution is 0.254. The quantitative estimate of drug-likeness (QED) is 0.908. The van der Waals surface area contributed by atoms with E-state index in [1.165, 1.54) is 23.5 Å². The normalized spacial score (nSPS) is 13.5. The first-order valence-electron chi connectivity index (χ1n) is 5.55. The second-order valence-electron chi connectivity index (χ2n) is 4.22. The Morgan fingerprint density at radius 2 is 2.29 bits per heavy atom. The zero-order chi connectivity index (χ0) is 12.4. The third-order valence-corrected chi connectivity index (χ3v) is 3.88. The molecule has 1 heterocycles. The van der Waals surface area contributed by atoms with Crippen LogP contribution in [0.4, 0.5) is 4.39 Å². The van der Waals surface area contributed by atoms with E-state index in [1.807, 2.05) is 7.05 Å². The van der Waals surface area contributed by atoms with Crippen molar-refractivity contribution in [3.8, 4) is 0 Å². The SMILES string of the molecule is CC(CN)N(C)Cc1nc2ccc(F)cc2s1. The van der Waals surface area contributed by atoms with Crippen molar-refractivity contribution in [3.05, 3.63) is 29.0 Å². The van der Waals surface area contributed by atoms with Crippen LogP contribution in [0.25, 0.3) is 10.2 Å². The van der Waals surface area contributed by atoms with Crippen LogP contribution in [0.15, 0.2) is 18.2 Å². The van der Waals surface area contributed by atoms with Crippen LogP contribution >= 0.6 is 11.3 Å². The third kappa shape index (κ3) is 2.80. The molecule has 92 valence electrons. The Bertz CT molecular complexity index is 511. The Morgan fingerprint density at radius 1 is 1.53 bits per heavy atom. The van der Waals surface area contributed by atoms with Gasteiger partial charge in [-0.15, -0.1) is 11.3 Å². The summed E-state index contributed by atoms with van der Waals surface area (Å²) in [6.45, 7) is 3.45. The zero-order valence-electron chi connectivity index (χ0n) is 9.98. The highest BCUT2D eigenvalue weighted by Crippen LogP contribution is 2.23. The van der Waals surface area contributed by atoms with Gasteiger partial charge < -0.3 is 5.73 Å². The Labute approximate surface area is 104 Å². The molecule has 0 aliphatic rings. The summed E-state index contributed by atoms with van der Waals surface area (Å²) in [5, 5.41) is 0.994. The molecule has 5 heteroatoms. The van der Waals surface area contributed by atoms with Crippen molar-refractivity contribution in [2.45, 2.75) is 19.5 Å². The van der Waals surface area contributed by atoms with E-state index < -0.39 is 0 Å². The molecule has 1 unspecified atom stereocenters. The molecule has 0 spiro atoms. The first kappa shape index (κ1) is 12.4. The molecule has 1 aromatic heterocycles. The van der Waals surface area contributed by atoms with E-state index in [1.54, 1.807) is 6.07 Å². The lowest BCUT2D eigenvalue weighted by Gasteiger charge is -2.21. The maximum Gasteiger partial charge on any atom is 0.124 e. The predicted octanol–water partition coefficient (Wildman–Crippen LogP) is 2.21. The van der Waals surface area contributed by atoms with Gasteiger partial charge in [0.1, 0.15) is 10.8 Å². The van der Waals surface area contributed by atoms with E-state index in [9.17, 15) is 4.39 Å². The Hall–Kier alpha value is -1.04. The van der Waals surface area contributed by atoms with Crippen LogP contribution in [0.1, 0.15) is 11.9 Å². The zero-order valence-corrected chi connectivity index (χ0v) is 10.8.